The molecule has 0 heterocycles. The first-order chi connectivity index (χ1) is 9.16. The molecule has 0 aromatic heterocycles. The number of hydrogen-bond acceptors (Lipinski definition) is 2. The number of rotatable bonds is 5. The topological polar surface area (TPSA) is 26.3 Å². The van der Waals surface area contributed by atoms with E-state index in [0.29, 0.717) is 6.61 Å². The second-order valence-electron chi connectivity index (χ2n) is 4.32. The lowest BCUT2D eigenvalue weighted by Gasteiger charge is -2.09. The van der Waals surface area contributed by atoms with Crippen LogP contribution in [0, 0.1) is 0 Å². The quantitative estimate of drug-likeness (QED) is 0.770. The summed E-state index contributed by atoms with van der Waals surface area (Å²) in [6.45, 7) is 2.03. The predicted octanol–water partition coefficient (Wildman–Crippen LogP) is 4.02. The van der Waals surface area contributed by atoms with Crippen LogP contribution in [-0.2, 0) is 16.1 Å². The molecule has 2 nitrogen and oxygen atoms in total. The average molecular weight is 275 g/mol. The number of carbonyl (C=O) groups is 1. The second kappa shape index (κ2) is 6.50. The molecule has 0 saturated heterocycles. The van der Waals surface area contributed by atoms with Crippen LogP contribution in [0.15, 0.2) is 54.6 Å². The normalized spacial score (nSPS) is 12.1. The molecule has 0 aliphatic heterocycles. The van der Waals surface area contributed by atoms with Gasteiger partial charge in [0.15, 0.2) is 0 Å². The fraction of sp³-hybridized carbons (Fsp3) is 0.188. The summed E-state index contributed by atoms with van der Waals surface area (Å²) in [7, 11) is 0. The van der Waals surface area contributed by atoms with Crippen molar-refractivity contribution in [2.24, 2.45) is 0 Å². The van der Waals surface area contributed by atoms with Crippen LogP contribution in [0.5, 0.6) is 0 Å². The molecular formula is C16H15ClO2. The van der Waals surface area contributed by atoms with E-state index in [1.54, 1.807) is 6.92 Å². The Balaban J connectivity index is 2.01. The van der Waals surface area contributed by atoms with Gasteiger partial charge in [-0.2, -0.15) is 0 Å². The Morgan fingerprint density at radius 1 is 1.05 bits per heavy atom. The zero-order valence-corrected chi connectivity index (χ0v) is 11.4. The zero-order chi connectivity index (χ0) is 13.7. The Morgan fingerprint density at radius 2 is 1.63 bits per heavy atom. The van der Waals surface area contributed by atoms with E-state index in [2.05, 4.69) is 12.1 Å². The van der Waals surface area contributed by atoms with Gasteiger partial charge in [-0.15, -0.1) is 0 Å². The van der Waals surface area contributed by atoms with Gasteiger partial charge >= 0.3 is 0 Å². The lowest BCUT2D eigenvalue weighted by Crippen LogP contribution is -2.15. The Kier molecular flexibility index (Phi) is 4.72. The monoisotopic (exact) mass is 274 g/mol. The zero-order valence-electron chi connectivity index (χ0n) is 10.7. The van der Waals surface area contributed by atoms with Gasteiger partial charge in [-0.25, -0.2) is 0 Å². The number of benzene rings is 2. The van der Waals surface area contributed by atoms with Crippen molar-refractivity contribution >= 4 is 16.8 Å². The first-order valence-corrected chi connectivity index (χ1v) is 6.50. The van der Waals surface area contributed by atoms with Crippen molar-refractivity contribution in [2.75, 3.05) is 0 Å². The van der Waals surface area contributed by atoms with Gasteiger partial charge in [0.1, 0.15) is 6.10 Å². The summed E-state index contributed by atoms with van der Waals surface area (Å²) in [4.78, 5) is 10.8. The van der Waals surface area contributed by atoms with Gasteiger partial charge in [-0.3, -0.25) is 4.79 Å². The molecule has 0 radical (unpaired) electrons. The SMILES string of the molecule is C[C@H](OCc1ccc(-c2ccccc2)cc1)C(=O)Cl. The molecule has 2 rings (SSSR count). The molecule has 0 unspecified atom stereocenters. The van der Waals surface area contributed by atoms with Crippen LogP contribution >= 0.6 is 11.6 Å². The third kappa shape index (κ3) is 3.91. The van der Waals surface area contributed by atoms with E-state index in [9.17, 15) is 4.79 Å². The minimum absolute atomic E-state index is 0.384. The van der Waals surface area contributed by atoms with Crippen molar-refractivity contribution < 1.29 is 9.53 Å². The molecule has 0 spiro atoms. The van der Waals surface area contributed by atoms with Crippen molar-refractivity contribution in [1.82, 2.24) is 0 Å². The van der Waals surface area contributed by atoms with Crippen LogP contribution < -0.4 is 0 Å². The predicted molar refractivity (Wildman–Crippen MR) is 77.0 cm³/mol. The summed E-state index contributed by atoms with van der Waals surface area (Å²) in [5.41, 5.74) is 3.36. The van der Waals surface area contributed by atoms with Crippen molar-refractivity contribution in [3.63, 3.8) is 0 Å². The molecule has 98 valence electrons. The van der Waals surface area contributed by atoms with Crippen LogP contribution in [0.1, 0.15) is 12.5 Å². The van der Waals surface area contributed by atoms with Gasteiger partial charge in [-0.1, -0.05) is 54.6 Å². The Hall–Kier alpha value is -1.64. The van der Waals surface area contributed by atoms with Crippen LogP contribution in [0.4, 0.5) is 0 Å². The molecule has 19 heavy (non-hydrogen) atoms. The maximum atomic E-state index is 10.8. The molecule has 0 aliphatic carbocycles. The molecule has 0 N–H and O–H groups in total. The fourth-order valence-electron chi connectivity index (χ4n) is 1.71. The average Bonchev–Trinajstić information content (AvgIpc) is 2.46. The molecule has 3 heteroatoms. The van der Waals surface area contributed by atoms with E-state index in [-0.39, 0.29) is 0 Å². The fourth-order valence-corrected chi connectivity index (χ4v) is 1.77. The number of ether oxygens (including phenoxy) is 1. The van der Waals surface area contributed by atoms with Crippen molar-refractivity contribution in [3.8, 4) is 11.1 Å². The smallest absolute Gasteiger partial charge is 0.250 e. The van der Waals surface area contributed by atoms with Gasteiger partial charge in [0, 0.05) is 0 Å². The Morgan fingerprint density at radius 3 is 2.21 bits per heavy atom. The summed E-state index contributed by atoms with van der Waals surface area (Å²) >= 11 is 5.34. The van der Waals surface area contributed by atoms with Crippen molar-refractivity contribution in [3.05, 3.63) is 60.2 Å². The lowest BCUT2D eigenvalue weighted by molar-refractivity contribution is -0.122. The van der Waals surface area contributed by atoms with E-state index >= 15 is 0 Å². The van der Waals surface area contributed by atoms with E-state index in [1.165, 1.54) is 5.56 Å². The molecule has 2 aromatic rings. The Labute approximate surface area is 118 Å². The summed E-state index contributed by atoms with van der Waals surface area (Å²) in [6.07, 6.45) is -0.574. The standard InChI is InChI=1S/C16H15ClO2/c1-12(16(17)18)19-11-13-7-9-15(10-8-13)14-5-3-2-4-6-14/h2-10,12H,11H2,1H3/t12-/m0/s1. The second-order valence-corrected chi connectivity index (χ2v) is 4.69. The first kappa shape index (κ1) is 13.8. The van der Waals surface area contributed by atoms with Crippen LogP contribution in [0.3, 0.4) is 0 Å². The molecule has 2 aromatic carbocycles. The van der Waals surface area contributed by atoms with Gasteiger partial charge in [0.25, 0.3) is 0 Å². The van der Waals surface area contributed by atoms with Crippen LogP contribution in [0.25, 0.3) is 11.1 Å². The summed E-state index contributed by atoms with van der Waals surface area (Å²) in [5.74, 6) is 0. The molecule has 0 amide bonds. The van der Waals surface area contributed by atoms with Gasteiger partial charge < -0.3 is 4.74 Å². The highest BCUT2D eigenvalue weighted by molar-refractivity contribution is 6.64. The van der Waals surface area contributed by atoms with Crippen molar-refractivity contribution in [2.45, 2.75) is 19.6 Å². The van der Waals surface area contributed by atoms with Crippen molar-refractivity contribution in [1.29, 1.82) is 0 Å². The van der Waals surface area contributed by atoms with E-state index in [1.807, 2.05) is 42.5 Å². The number of carbonyl (C=O) groups excluding carboxylic acids is 1. The van der Waals surface area contributed by atoms with E-state index < -0.39 is 11.3 Å². The minimum atomic E-state index is -0.574. The van der Waals surface area contributed by atoms with Crippen LogP contribution in [0.2, 0.25) is 0 Å². The highest BCUT2D eigenvalue weighted by atomic mass is 35.5. The summed E-state index contributed by atoms with van der Waals surface area (Å²) < 4.78 is 5.35. The van der Waals surface area contributed by atoms with Crippen LogP contribution in [-0.4, -0.2) is 11.3 Å². The van der Waals surface area contributed by atoms with E-state index in [0.717, 1.165) is 11.1 Å². The summed E-state index contributed by atoms with van der Waals surface area (Å²) in [5, 5.41) is -0.471. The minimum Gasteiger partial charge on any atom is -0.365 e. The molecule has 0 bridgehead atoms. The lowest BCUT2D eigenvalue weighted by atomic mass is 10.0. The molecule has 0 aliphatic rings. The highest BCUT2D eigenvalue weighted by Crippen LogP contribution is 2.19. The Bertz CT molecular complexity index is 534. The maximum Gasteiger partial charge on any atom is 0.250 e. The first-order valence-electron chi connectivity index (χ1n) is 6.12. The maximum absolute atomic E-state index is 10.8. The molecule has 0 saturated carbocycles. The van der Waals surface area contributed by atoms with Gasteiger partial charge in [-0.05, 0) is 35.2 Å². The molecule has 1 atom stereocenters. The van der Waals surface area contributed by atoms with Gasteiger partial charge in [0.2, 0.25) is 5.24 Å². The molecular weight excluding hydrogens is 260 g/mol. The van der Waals surface area contributed by atoms with Gasteiger partial charge in [0.05, 0.1) is 6.61 Å². The number of halogens is 1. The summed E-state index contributed by atoms with van der Waals surface area (Å²) in [6, 6.07) is 18.2. The third-order valence-electron chi connectivity index (χ3n) is 2.88. The highest BCUT2D eigenvalue weighted by Gasteiger charge is 2.09. The largest absolute Gasteiger partial charge is 0.365 e. The third-order valence-corrected chi connectivity index (χ3v) is 3.19. The van der Waals surface area contributed by atoms with E-state index in [4.69, 9.17) is 16.3 Å². The number of hydrogen-bond donors (Lipinski definition) is 0. The molecule has 0 fully saturated rings.